The zero-order chi connectivity index (χ0) is 16.4. The number of benzene rings is 1. The maximum atomic E-state index is 12.1. The van der Waals surface area contributed by atoms with Gasteiger partial charge in [-0.3, -0.25) is 9.59 Å². The van der Waals surface area contributed by atoms with Gasteiger partial charge in [0.25, 0.3) is 5.91 Å². The average molecular weight is 328 g/mol. The number of aliphatic carboxylic acids is 1. The molecule has 0 aromatic heterocycles. The molecule has 1 rings (SSSR count). The molecule has 0 radical (unpaired) electrons. The molecule has 1 aromatic carbocycles. The van der Waals surface area contributed by atoms with Crippen LogP contribution in [0.2, 0.25) is 5.02 Å². The topological polar surface area (TPSA) is 75.6 Å². The number of rotatable bonds is 10. The van der Waals surface area contributed by atoms with Crippen LogP contribution in [0.15, 0.2) is 18.2 Å². The molecule has 0 spiro atoms. The van der Waals surface area contributed by atoms with Gasteiger partial charge >= 0.3 is 5.97 Å². The summed E-state index contributed by atoms with van der Waals surface area (Å²) in [5, 5.41) is 11.7. The summed E-state index contributed by atoms with van der Waals surface area (Å²) >= 11 is 6.04. The number of carbonyl (C=O) groups excluding carboxylic acids is 1. The standard InChI is InChI=1S/C16H22ClNO4/c1-22-13-9-7-8-12(17)15(13)16(21)18-11-6-4-2-3-5-10-14(19)20/h7-9H,2-6,10-11H2,1H3,(H,18,21)(H,19,20). The Balaban J connectivity index is 2.25. The molecule has 0 saturated heterocycles. The molecule has 5 nitrogen and oxygen atoms in total. The predicted molar refractivity (Wildman–Crippen MR) is 85.7 cm³/mol. The molecule has 0 aliphatic heterocycles. The van der Waals surface area contributed by atoms with Gasteiger partial charge in [0.2, 0.25) is 0 Å². The van der Waals surface area contributed by atoms with E-state index in [4.69, 9.17) is 21.4 Å². The Labute approximate surface area is 135 Å². The molecule has 122 valence electrons. The third-order valence-electron chi connectivity index (χ3n) is 3.28. The number of hydrogen-bond donors (Lipinski definition) is 2. The molecule has 0 fully saturated rings. The Morgan fingerprint density at radius 2 is 1.86 bits per heavy atom. The second-order valence-corrected chi connectivity index (χ2v) is 5.39. The molecule has 0 bridgehead atoms. The number of carboxylic acids is 1. The first kappa shape index (κ1) is 18.3. The predicted octanol–water partition coefficient (Wildman–Crippen LogP) is 3.50. The molecule has 0 unspecified atom stereocenters. The first-order valence-electron chi connectivity index (χ1n) is 7.38. The van der Waals surface area contributed by atoms with E-state index >= 15 is 0 Å². The van der Waals surface area contributed by atoms with Crippen molar-refractivity contribution in [1.29, 1.82) is 0 Å². The summed E-state index contributed by atoms with van der Waals surface area (Å²) in [6.45, 7) is 0.562. The van der Waals surface area contributed by atoms with Crippen molar-refractivity contribution in [2.45, 2.75) is 38.5 Å². The van der Waals surface area contributed by atoms with Crippen molar-refractivity contribution in [1.82, 2.24) is 5.32 Å². The number of ether oxygens (including phenoxy) is 1. The number of amides is 1. The molecule has 1 amide bonds. The zero-order valence-electron chi connectivity index (χ0n) is 12.7. The second kappa shape index (κ2) is 10.1. The van der Waals surface area contributed by atoms with Gasteiger partial charge < -0.3 is 15.2 Å². The van der Waals surface area contributed by atoms with Crippen LogP contribution in [0.1, 0.15) is 48.9 Å². The minimum absolute atomic E-state index is 0.225. The van der Waals surface area contributed by atoms with E-state index in [-0.39, 0.29) is 12.3 Å². The van der Waals surface area contributed by atoms with Crippen molar-refractivity contribution in [3.05, 3.63) is 28.8 Å². The quantitative estimate of drug-likeness (QED) is 0.645. The number of carboxylic acid groups (broad SMARTS) is 1. The van der Waals surface area contributed by atoms with Crippen LogP contribution in [0.5, 0.6) is 5.75 Å². The summed E-state index contributed by atoms with van der Waals surface area (Å²) in [6.07, 6.45) is 4.61. The maximum absolute atomic E-state index is 12.1. The number of carbonyl (C=O) groups is 2. The fraction of sp³-hybridized carbons (Fsp3) is 0.500. The lowest BCUT2D eigenvalue weighted by Crippen LogP contribution is -2.25. The molecule has 0 saturated carbocycles. The normalized spacial score (nSPS) is 10.3. The van der Waals surface area contributed by atoms with Gasteiger partial charge in [-0.1, -0.05) is 36.9 Å². The summed E-state index contributed by atoms with van der Waals surface area (Å²) in [5.74, 6) is -0.534. The van der Waals surface area contributed by atoms with E-state index in [0.29, 0.717) is 29.3 Å². The van der Waals surface area contributed by atoms with Crippen LogP contribution in [0, 0.1) is 0 Å². The Hall–Kier alpha value is -1.75. The molecule has 1 aromatic rings. The van der Waals surface area contributed by atoms with Crippen LogP contribution in [0.25, 0.3) is 0 Å². The molecular formula is C16H22ClNO4. The molecule has 0 atom stereocenters. The highest BCUT2D eigenvalue weighted by atomic mass is 35.5. The van der Waals surface area contributed by atoms with E-state index in [1.165, 1.54) is 7.11 Å². The van der Waals surface area contributed by atoms with Crippen molar-refractivity contribution in [2.75, 3.05) is 13.7 Å². The van der Waals surface area contributed by atoms with Crippen LogP contribution >= 0.6 is 11.6 Å². The number of unbranched alkanes of at least 4 members (excludes halogenated alkanes) is 4. The molecule has 0 aliphatic rings. The molecule has 22 heavy (non-hydrogen) atoms. The van der Waals surface area contributed by atoms with E-state index in [9.17, 15) is 9.59 Å². The molecule has 0 heterocycles. The SMILES string of the molecule is COc1cccc(Cl)c1C(=O)NCCCCCCCC(=O)O. The molecule has 2 N–H and O–H groups in total. The lowest BCUT2D eigenvalue weighted by Gasteiger charge is -2.10. The molecular weight excluding hydrogens is 306 g/mol. The second-order valence-electron chi connectivity index (χ2n) is 4.98. The van der Waals surface area contributed by atoms with Crippen molar-refractivity contribution in [2.24, 2.45) is 0 Å². The van der Waals surface area contributed by atoms with E-state index < -0.39 is 5.97 Å². The zero-order valence-corrected chi connectivity index (χ0v) is 13.5. The van der Waals surface area contributed by atoms with Gasteiger partial charge in [0.15, 0.2) is 0 Å². The Bertz CT molecular complexity index is 505. The minimum atomic E-state index is -0.749. The number of halogens is 1. The van der Waals surface area contributed by atoms with Crippen molar-refractivity contribution in [3.8, 4) is 5.75 Å². The fourth-order valence-electron chi connectivity index (χ4n) is 2.12. The van der Waals surface area contributed by atoms with Crippen LogP contribution < -0.4 is 10.1 Å². The first-order chi connectivity index (χ1) is 10.6. The number of hydrogen-bond acceptors (Lipinski definition) is 3. The van der Waals surface area contributed by atoms with Gasteiger partial charge in [-0.2, -0.15) is 0 Å². The maximum Gasteiger partial charge on any atom is 0.303 e. The summed E-state index contributed by atoms with van der Waals surface area (Å²) in [6, 6.07) is 5.08. The summed E-state index contributed by atoms with van der Waals surface area (Å²) < 4.78 is 5.15. The molecule has 0 aliphatic carbocycles. The smallest absolute Gasteiger partial charge is 0.303 e. The van der Waals surface area contributed by atoms with Gasteiger partial charge in [-0.25, -0.2) is 0 Å². The lowest BCUT2D eigenvalue weighted by atomic mass is 10.1. The highest BCUT2D eigenvalue weighted by Gasteiger charge is 2.15. The lowest BCUT2D eigenvalue weighted by molar-refractivity contribution is -0.137. The third-order valence-corrected chi connectivity index (χ3v) is 3.59. The van der Waals surface area contributed by atoms with E-state index in [2.05, 4.69) is 5.32 Å². The van der Waals surface area contributed by atoms with Gasteiger partial charge in [-0.05, 0) is 25.0 Å². The minimum Gasteiger partial charge on any atom is -0.496 e. The summed E-state index contributed by atoms with van der Waals surface area (Å²) in [4.78, 5) is 22.5. The highest BCUT2D eigenvalue weighted by molar-refractivity contribution is 6.34. The third kappa shape index (κ3) is 6.35. The average Bonchev–Trinajstić information content (AvgIpc) is 2.49. The summed E-state index contributed by atoms with van der Waals surface area (Å²) in [5.41, 5.74) is 0.355. The number of nitrogens with one attached hydrogen (secondary N) is 1. The number of methoxy groups -OCH3 is 1. The van der Waals surface area contributed by atoms with E-state index in [1.807, 2.05) is 0 Å². The largest absolute Gasteiger partial charge is 0.496 e. The van der Waals surface area contributed by atoms with Crippen LogP contribution in [-0.4, -0.2) is 30.6 Å². The fourth-order valence-corrected chi connectivity index (χ4v) is 2.37. The Morgan fingerprint density at radius 3 is 2.55 bits per heavy atom. The van der Waals surface area contributed by atoms with Gasteiger partial charge in [0.05, 0.1) is 17.7 Å². The van der Waals surface area contributed by atoms with Crippen molar-refractivity contribution >= 4 is 23.5 Å². The Morgan fingerprint density at radius 1 is 1.18 bits per heavy atom. The van der Waals surface area contributed by atoms with Crippen LogP contribution in [0.3, 0.4) is 0 Å². The highest BCUT2D eigenvalue weighted by Crippen LogP contribution is 2.25. The Kier molecular flexibility index (Phi) is 8.36. The van der Waals surface area contributed by atoms with Crippen molar-refractivity contribution in [3.63, 3.8) is 0 Å². The summed E-state index contributed by atoms with van der Waals surface area (Å²) in [7, 11) is 1.50. The van der Waals surface area contributed by atoms with Gasteiger partial charge in [0.1, 0.15) is 5.75 Å². The monoisotopic (exact) mass is 327 g/mol. The van der Waals surface area contributed by atoms with Crippen LogP contribution in [0.4, 0.5) is 0 Å². The van der Waals surface area contributed by atoms with Gasteiger partial charge in [0, 0.05) is 13.0 Å². The van der Waals surface area contributed by atoms with Crippen LogP contribution in [-0.2, 0) is 4.79 Å². The van der Waals surface area contributed by atoms with E-state index in [1.54, 1.807) is 18.2 Å². The van der Waals surface area contributed by atoms with E-state index in [0.717, 1.165) is 25.7 Å². The molecule has 6 heteroatoms. The first-order valence-corrected chi connectivity index (χ1v) is 7.76. The van der Waals surface area contributed by atoms with Crippen molar-refractivity contribution < 1.29 is 19.4 Å². The van der Waals surface area contributed by atoms with Gasteiger partial charge in [-0.15, -0.1) is 0 Å².